The maximum atomic E-state index is 12.0. The van der Waals surface area contributed by atoms with Gasteiger partial charge in [0, 0.05) is 32.6 Å². The first kappa shape index (κ1) is 12.1. The van der Waals surface area contributed by atoms with Crippen LogP contribution in [0.2, 0.25) is 0 Å². The highest BCUT2D eigenvalue weighted by molar-refractivity contribution is 5.77. The molecule has 2 heterocycles. The minimum atomic E-state index is -0.342. The minimum absolute atomic E-state index is 0.105. The molecule has 0 aromatic carbocycles. The molecule has 1 unspecified atom stereocenters. The molecule has 0 radical (unpaired) electrons. The number of nitrogens with zero attached hydrogens (tertiary/aromatic N) is 1. The summed E-state index contributed by atoms with van der Waals surface area (Å²) < 4.78 is 5.43. The fourth-order valence-electron chi connectivity index (χ4n) is 1.98. The molecule has 1 fully saturated rings. The number of amides is 1. The van der Waals surface area contributed by atoms with Gasteiger partial charge in [0.05, 0.1) is 6.04 Å². The van der Waals surface area contributed by atoms with E-state index in [-0.39, 0.29) is 11.9 Å². The number of nitrogens with one attached hydrogen (secondary N) is 1. The Balaban J connectivity index is 1.89. The number of hydrogen-bond acceptors (Lipinski definition) is 4. The van der Waals surface area contributed by atoms with Crippen LogP contribution in [0.25, 0.3) is 0 Å². The van der Waals surface area contributed by atoms with E-state index in [0.29, 0.717) is 12.2 Å². The second kappa shape index (κ2) is 5.33. The Hall–Kier alpha value is -1.33. The van der Waals surface area contributed by atoms with Crippen LogP contribution in [0, 0.1) is 6.92 Å². The van der Waals surface area contributed by atoms with Crippen LogP contribution in [0.5, 0.6) is 0 Å². The van der Waals surface area contributed by atoms with E-state index in [0.717, 1.165) is 31.9 Å². The van der Waals surface area contributed by atoms with E-state index in [1.54, 1.807) is 0 Å². The van der Waals surface area contributed by atoms with Crippen molar-refractivity contribution in [1.29, 1.82) is 0 Å². The molecule has 1 aromatic heterocycles. The van der Waals surface area contributed by atoms with Crippen molar-refractivity contribution in [2.45, 2.75) is 19.4 Å². The zero-order valence-electron chi connectivity index (χ0n) is 10.1. The number of furan rings is 1. The van der Waals surface area contributed by atoms with E-state index >= 15 is 0 Å². The smallest absolute Gasteiger partial charge is 0.224 e. The molecule has 1 saturated heterocycles. The minimum Gasteiger partial charge on any atom is -0.465 e. The van der Waals surface area contributed by atoms with Crippen molar-refractivity contribution < 1.29 is 9.21 Å². The van der Waals surface area contributed by atoms with Crippen molar-refractivity contribution in [3.05, 3.63) is 23.7 Å². The predicted molar refractivity (Wildman–Crippen MR) is 64.4 cm³/mol. The molecule has 1 amide bonds. The Bertz CT molecular complexity index is 383. The third-order valence-corrected chi connectivity index (χ3v) is 2.99. The van der Waals surface area contributed by atoms with Crippen LogP contribution in [0.3, 0.4) is 0 Å². The molecule has 3 N–H and O–H groups in total. The number of piperazine rings is 1. The monoisotopic (exact) mass is 237 g/mol. The zero-order chi connectivity index (χ0) is 12.3. The summed E-state index contributed by atoms with van der Waals surface area (Å²) in [7, 11) is 0. The molecular formula is C12H19N3O2. The lowest BCUT2D eigenvalue weighted by Crippen LogP contribution is -2.47. The van der Waals surface area contributed by atoms with Gasteiger partial charge < -0.3 is 20.4 Å². The van der Waals surface area contributed by atoms with Gasteiger partial charge in [0.2, 0.25) is 5.91 Å². The third kappa shape index (κ3) is 3.08. The molecular weight excluding hydrogens is 218 g/mol. The number of rotatable bonds is 3. The summed E-state index contributed by atoms with van der Waals surface area (Å²) in [6, 6.07) is 3.36. The molecule has 94 valence electrons. The average molecular weight is 237 g/mol. The topological polar surface area (TPSA) is 71.5 Å². The van der Waals surface area contributed by atoms with E-state index < -0.39 is 0 Å². The van der Waals surface area contributed by atoms with Crippen molar-refractivity contribution in [2.24, 2.45) is 5.73 Å². The Morgan fingerprint density at radius 1 is 1.53 bits per heavy atom. The fraction of sp³-hybridized carbons (Fsp3) is 0.583. The number of hydrogen-bond donors (Lipinski definition) is 2. The predicted octanol–water partition coefficient (Wildman–Crippen LogP) is 0.410. The van der Waals surface area contributed by atoms with Gasteiger partial charge in [-0.25, -0.2) is 0 Å². The second-order valence-electron chi connectivity index (χ2n) is 4.39. The fourth-order valence-corrected chi connectivity index (χ4v) is 1.98. The van der Waals surface area contributed by atoms with Crippen LogP contribution in [-0.4, -0.2) is 37.0 Å². The van der Waals surface area contributed by atoms with E-state index in [1.807, 2.05) is 24.0 Å². The van der Waals surface area contributed by atoms with Crippen molar-refractivity contribution >= 4 is 5.91 Å². The van der Waals surface area contributed by atoms with Crippen molar-refractivity contribution in [2.75, 3.05) is 26.2 Å². The third-order valence-electron chi connectivity index (χ3n) is 2.99. The molecule has 17 heavy (non-hydrogen) atoms. The average Bonchev–Trinajstić information content (AvgIpc) is 2.77. The highest BCUT2D eigenvalue weighted by Gasteiger charge is 2.20. The quantitative estimate of drug-likeness (QED) is 0.798. The molecule has 1 atom stereocenters. The van der Waals surface area contributed by atoms with Gasteiger partial charge in [-0.1, -0.05) is 0 Å². The molecule has 1 aliphatic rings. The van der Waals surface area contributed by atoms with Gasteiger partial charge in [0.15, 0.2) is 0 Å². The van der Waals surface area contributed by atoms with Crippen molar-refractivity contribution in [3.63, 3.8) is 0 Å². The summed E-state index contributed by atoms with van der Waals surface area (Å²) >= 11 is 0. The number of aryl methyl sites for hydroxylation is 1. The number of carbonyl (C=O) groups is 1. The SMILES string of the molecule is Cc1ccc(C(N)CC(=O)N2CCNCC2)o1. The van der Waals surface area contributed by atoms with Gasteiger partial charge in [-0.3, -0.25) is 4.79 Å². The molecule has 0 spiro atoms. The van der Waals surface area contributed by atoms with Gasteiger partial charge in [-0.15, -0.1) is 0 Å². The van der Waals surface area contributed by atoms with Crippen LogP contribution in [0.4, 0.5) is 0 Å². The maximum Gasteiger partial charge on any atom is 0.224 e. The van der Waals surface area contributed by atoms with E-state index in [2.05, 4.69) is 5.32 Å². The lowest BCUT2D eigenvalue weighted by Gasteiger charge is -2.28. The molecule has 1 aromatic rings. The highest BCUT2D eigenvalue weighted by atomic mass is 16.3. The molecule has 0 bridgehead atoms. The Morgan fingerprint density at radius 2 is 2.24 bits per heavy atom. The molecule has 0 saturated carbocycles. The first-order valence-electron chi connectivity index (χ1n) is 5.97. The van der Waals surface area contributed by atoms with Crippen LogP contribution in [-0.2, 0) is 4.79 Å². The van der Waals surface area contributed by atoms with E-state index in [1.165, 1.54) is 0 Å². The maximum absolute atomic E-state index is 12.0. The first-order chi connectivity index (χ1) is 8.16. The van der Waals surface area contributed by atoms with Crippen molar-refractivity contribution in [3.8, 4) is 0 Å². The Kier molecular flexibility index (Phi) is 3.81. The zero-order valence-corrected chi connectivity index (χ0v) is 10.1. The number of nitrogens with two attached hydrogens (primary N) is 1. The van der Waals surface area contributed by atoms with E-state index in [4.69, 9.17) is 10.2 Å². The van der Waals surface area contributed by atoms with E-state index in [9.17, 15) is 4.79 Å². The Morgan fingerprint density at radius 3 is 2.82 bits per heavy atom. The second-order valence-corrected chi connectivity index (χ2v) is 4.39. The van der Waals surface area contributed by atoms with Gasteiger partial charge in [0.25, 0.3) is 0 Å². The standard InChI is InChI=1S/C12H19N3O2/c1-9-2-3-11(17-9)10(13)8-12(16)15-6-4-14-5-7-15/h2-3,10,14H,4-8,13H2,1H3. The largest absolute Gasteiger partial charge is 0.465 e. The molecule has 0 aliphatic carbocycles. The summed E-state index contributed by atoms with van der Waals surface area (Å²) in [5, 5.41) is 3.21. The lowest BCUT2D eigenvalue weighted by atomic mass is 10.1. The molecule has 1 aliphatic heterocycles. The summed E-state index contributed by atoms with van der Waals surface area (Å²) in [5.41, 5.74) is 5.96. The number of carbonyl (C=O) groups excluding carboxylic acids is 1. The summed E-state index contributed by atoms with van der Waals surface area (Å²) in [5.74, 6) is 1.61. The van der Waals surface area contributed by atoms with Gasteiger partial charge in [-0.05, 0) is 19.1 Å². The molecule has 5 nitrogen and oxygen atoms in total. The highest BCUT2D eigenvalue weighted by Crippen LogP contribution is 2.18. The molecule has 5 heteroatoms. The Labute approximate surface area is 101 Å². The van der Waals surface area contributed by atoms with Crippen LogP contribution in [0.1, 0.15) is 24.0 Å². The van der Waals surface area contributed by atoms with Crippen LogP contribution in [0.15, 0.2) is 16.5 Å². The summed E-state index contributed by atoms with van der Waals surface area (Å²) in [4.78, 5) is 13.8. The van der Waals surface area contributed by atoms with Crippen molar-refractivity contribution in [1.82, 2.24) is 10.2 Å². The van der Waals surface area contributed by atoms with Gasteiger partial charge in [0.1, 0.15) is 11.5 Å². The summed E-state index contributed by atoms with van der Waals surface area (Å²) in [6.07, 6.45) is 0.312. The lowest BCUT2D eigenvalue weighted by molar-refractivity contribution is -0.132. The van der Waals surface area contributed by atoms with Gasteiger partial charge >= 0.3 is 0 Å². The van der Waals surface area contributed by atoms with Gasteiger partial charge in [-0.2, -0.15) is 0 Å². The first-order valence-corrected chi connectivity index (χ1v) is 5.97. The van der Waals surface area contributed by atoms with Crippen LogP contribution >= 0.6 is 0 Å². The van der Waals surface area contributed by atoms with Crippen LogP contribution < -0.4 is 11.1 Å². The summed E-state index contributed by atoms with van der Waals surface area (Å²) in [6.45, 7) is 5.13. The normalized spacial score (nSPS) is 18.1. The molecule has 2 rings (SSSR count).